The minimum Gasteiger partial charge on any atom is -0.462 e. The van der Waals surface area contributed by atoms with Gasteiger partial charge in [-0.2, -0.15) is 0 Å². The van der Waals surface area contributed by atoms with Crippen LogP contribution in [0, 0.1) is 11.3 Å². The first-order chi connectivity index (χ1) is 6.50. The number of carbonyl (C=O) groups is 1. The van der Waals surface area contributed by atoms with Crippen molar-refractivity contribution in [3.05, 3.63) is 0 Å². The number of hydrogen-bond donors (Lipinski definition) is 1. The Balaban J connectivity index is 2.33. The van der Waals surface area contributed by atoms with E-state index in [1.165, 1.54) is 0 Å². The molecule has 82 valence electrons. The van der Waals surface area contributed by atoms with Crippen LogP contribution in [-0.4, -0.2) is 18.6 Å². The van der Waals surface area contributed by atoms with E-state index in [0.29, 0.717) is 12.5 Å². The van der Waals surface area contributed by atoms with Crippen LogP contribution in [0.2, 0.25) is 0 Å². The number of nitrogens with two attached hydrogens (primary N) is 1. The largest absolute Gasteiger partial charge is 0.462 e. The van der Waals surface area contributed by atoms with E-state index in [9.17, 15) is 4.79 Å². The maximum atomic E-state index is 11.6. The third-order valence-corrected chi connectivity index (χ3v) is 2.79. The van der Waals surface area contributed by atoms with Crippen LogP contribution in [0.3, 0.4) is 0 Å². The van der Waals surface area contributed by atoms with E-state index in [0.717, 1.165) is 19.3 Å². The Morgan fingerprint density at radius 1 is 1.43 bits per heavy atom. The van der Waals surface area contributed by atoms with Crippen molar-refractivity contribution >= 4 is 5.97 Å². The second-order valence-corrected chi connectivity index (χ2v) is 4.83. The van der Waals surface area contributed by atoms with Crippen LogP contribution in [0.5, 0.6) is 0 Å². The molecule has 1 atom stereocenters. The molecule has 0 bridgehead atoms. The van der Waals surface area contributed by atoms with E-state index in [2.05, 4.69) is 13.8 Å². The van der Waals surface area contributed by atoms with E-state index < -0.39 is 0 Å². The summed E-state index contributed by atoms with van der Waals surface area (Å²) < 4.78 is 5.36. The van der Waals surface area contributed by atoms with Gasteiger partial charge < -0.3 is 10.5 Å². The predicted molar refractivity (Wildman–Crippen MR) is 55.7 cm³/mol. The number of ether oxygens (including phenoxy) is 1. The van der Waals surface area contributed by atoms with Crippen molar-refractivity contribution in [2.45, 2.75) is 46.1 Å². The maximum absolute atomic E-state index is 11.6. The average molecular weight is 199 g/mol. The molecule has 0 aromatic carbocycles. The SMILES string of the molecule is CC(C)CC(C)OC(=O)C1(CN)CC1. The Labute approximate surface area is 86.0 Å². The molecule has 0 aromatic heterocycles. The van der Waals surface area contributed by atoms with Gasteiger partial charge >= 0.3 is 5.97 Å². The molecule has 1 aliphatic carbocycles. The van der Waals surface area contributed by atoms with Gasteiger partial charge in [0.15, 0.2) is 0 Å². The predicted octanol–water partition coefficient (Wildman–Crippen LogP) is 1.70. The van der Waals surface area contributed by atoms with Crippen LogP contribution < -0.4 is 5.73 Å². The zero-order valence-corrected chi connectivity index (χ0v) is 9.38. The highest BCUT2D eigenvalue weighted by atomic mass is 16.5. The summed E-state index contributed by atoms with van der Waals surface area (Å²) in [5.41, 5.74) is 5.23. The minimum absolute atomic E-state index is 0.0199. The summed E-state index contributed by atoms with van der Waals surface area (Å²) in [6.07, 6.45) is 2.74. The number of carbonyl (C=O) groups excluding carboxylic acids is 1. The van der Waals surface area contributed by atoms with Crippen LogP contribution in [0.15, 0.2) is 0 Å². The highest BCUT2D eigenvalue weighted by Crippen LogP contribution is 2.45. The standard InChI is InChI=1S/C11H21NO2/c1-8(2)6-9(3)14-10(13)11(7-12)4-5-11/h8-9H,4-7,12H2,1-3H3. The molecular weight excluding hydrogens is 178 g/mol. The Morgan fingerprint density at radius 3 is 2.36 bits per heavy atom. The minimum atomic E-state index is -0.314. The molecule has 2 N–H and O–H groups in total. The van der Waals surface area contributed by atoms with Crippen LogP contribution >= 0.6 is 0 Å². The van der Waals surface area contributed by atoms with Crippen molar-refractivity contribution in [1.82, 2.24) is 0 Å². The van der Waals surface area contributed by atoms with Crippen molar-refractivity contribution in [2.24, 2.45) is 17.1 Å². The highest BCUT2D eigenvalue weighted by Gasteiger charge is 2.50. The second kappa shape index (κ2) is 4.30. The van der Waals surface area contributed by atoms with E-state index in [1.807, 2.05) is 6.92 Å². The molecule has 1 rings (SSSR count). The Hall–Kier alpha value is -0.570. The fraction of sp³-hybridized carbons (Fsp3) is 0.909. The van der Waals surface area contributed by atoms with Crippen molar-refractivity contribution in [3.8, 4) is 0 Å². The van der Waals surface area contributed by atoms with E-state index in [4.69, 9.17) is 10.5 Å². The molecule has 0 aromatic rings. The van der Waals surface area contributed by atoms with Gasteiger partial charge in [-0.05, 0) is 32.1 Å². The maximum Gasteiger partial charge on any atom is 0.313 e. The van der Waals surface area contributed by atoms with Gasteiger partial charge in [-0.1, -0.05) is 13.8 Å². The molecule has 1 aliphatic rings. The van der Waals surface area contributed by atoms with E-state index >= 15 is 0 Å². The molecule has 14 heavy (non-hydrogen) atoms. The van der Waals surface area contributed by atoms with Gasteiger partial charge in [-0.3, -0.25) is 4.79 Å². The first kappa shape index (κ1) is 11.5. The van der Waals surface area contributed by atoms with Crippen LogP contribution in [-0.2, 0) is 9.53 Å². The van der Waals surface area contributed by atoms with Gasteiger partial charge in [0, 0.05) is 6.54 Å². The van der Waals surface area contributed by atoms with E-state index in [1.54, 1.807) is 0 Å². The first-order valence-electron chi connectivity index (χ1n) is 5.41. The van der Waals surface area contributed by atoms with Crippen LogP contribution in [0.25, 0.3) is 0 Å². The van der Waals surface area contributed by atoms with Gasteiger partial charge in [0.2, 0.25) is 0 Å². The molecule has 0 radical (unpaired) electrons. The fourth-order valence-corrected chi connectivity index (χ4v) is 1.66. The lowest BCUT2D eigenvalue weighted by Gasteiger charge is -2.18. The smallest absolute Gasteiger partial charge is 0.313 e. The summed E-state index contributed by atoms with van der Waals surface area (Å²) in [5, 5.41) is 0. The molecule has 1 fully saturated rings. The number of rotatable bonds is 5. The number of esters is 1. The Kier molecular flexibility index (Phi) is 3.53. The first-order valence-corrected chi connectivity index (χ1v) is 5.41. The zero-order chi connectivity index (χ0) is 10.8. The van der Waals surface area contributed by atoms with Gasteiger partial charge in [-0.15, -0.1) is 0 Å². The molecule has 0 amide bonds. The molecule has 3 heteroatoms. The fourth-order valence-electron chi connectivity index (χ4n) is 1.66. The Morgan fingerprint density at radius 2 is 2.00 bits per heavy atom. The van der Waals surface area contributed by atoms with Crippen molar-refractivity contribution in [2.75, 3.05) is 6.54 Å². The van der Waals surface area contributed by atoms with Crippen molar-refractivity contribution in [1.29, 1.82) is 0 Å². The van der Waals surface area contributed by atoms with Gasteiger partial charge in [0.25, 0.3) is 0 Å². The summed E-state index contributed by atoms with van der Waals surface area (Å²) >= 11 is 0. The van der Waals surface area contributed by atoms with Crippen LogP contribution in [0.4, 0.5) is 0 Å². The van der Waals surface area contributed by atoms with E-state index in [-0.39, 0.29) is 17.5 Å². The lowest BCUT2D eigenvalue weighted by atomic mass is 10.1. The summed E-state index contributed by atoms with van der Waals surface area (Å²) in [7, 11) is 0. The Bertz CT molecular complexity index is 209. The van der Waals surface area contributed by atoms with Gasteiger partial charge in [0.05, 0.1) is 11.5 Å². The lowest BCUT2D eigenvalue weighted by molar-refractivity contribution is -0.155. The van der Waals surface area contributed by atoms with Gasteiger partial charge in [-0.25, -0.2) is 0 Å². The average Bonchev–Trinajstić information content (AvgIpc) is 2.82. The zero-order valence-electron chi connectivity index (χ0n) is 9.38. The molecule has 0 heterocycles. The number of hydrogen-bond acceptors (Lipinski definition) is 3. The normalized spacial score (nSPS) is 20.6. The molecule has 0 spiro atoms. The summed E-state index contributed by atoms with van der Waals surface area (Å²) in [4.78, 5) is 11.6. The van der Waals surface area contributed by atoms with Crippen LogP contribution in [0.1, 0.15) is 40.0 Å². The third-order valence-electron chi connectivity index (χ3n) is 2.79. The lowest BCUT2D eigenvalue weighted by Crippen LogP contribution is -2.30. The summed E-state index contributed by atoms with van der Waals surface area (Å²) in [6.45, 7) is 6.63. The third kappa shape index (κ3) is 2.71. The molecule has 1 unspecified atom stereocenters. The highest BCUT2D eigenvalue weighted by molar-refractivity contribution is 5.80. The van der Waals surface area contributed by atoms with Gasteiger partial charge in [0.1, 0.15) is 0 Å². The summed E-state index contributed by atoms with van der Waals surface area (Å²) in [5.74, 6) is 0.471. The monoisotopic (exact) mass is 199 g/mol. The molecular formula is C11H21NO2. The van der Waals surface area contributed by atoms with Crippen molar-refractivity contribution in [3.63, 3.8) is 0 Å². The quantitative estimate of drug-likeness (QED) is 0.686. The second-order valence-electron chi connectivity index (χ2n) is 4.83. The van der Waals surface area contributed by atoms with Crippen molar-refractivity contribution < 1.29 is 9.53 Å². The molecule has 0 aliphatic heterocycles. The molecule has 3 nitrogen and oxygen atoms in total. The topological polar surface area (TPSA) is 52.3 Å². The summed E-state index contributed by atoms with van der Waals surface area (Å²) in [6, 6.07) is 0. The molecule has 1 saturated carbocycles. The molecule has 0 saturated heterocycles.